The van der Waals surface area contributed by atoms with Gasteiger partial charge in [0, 0.05) is 10.4 Å². The van der Waals surface area contributed by atoms with Crippen LogP contribution in [-0.2, 0) is 20.4 Å². The first-order valence-corrected chi connectivity index (χ1v) is 12.0. The summed E-state index contributed by atoms with van der Waals surface area (Å²) >= 11 is 6.12. The average molecular weight is 522 g/mol. The van der Waals surface area contributed by atoms with Crippen LogP contribution in [0.4, 0.5) is 13.2 Å². The Balaban J connectivity index is 2.29. The molecule has 0 fully saturated rings. The number of aryl methyl sites for hydroxylation is 1. The molecule has 0 aliphatic rings. The van der Waals surface area contributed by atoms with Crippen LogP contribution in [-0.4, -0.2) is 23.2 Å². The summed E-state index contributed by atoms with van der Waals surface area (Å²) in [6.45, 7) is 12.7. The number of hydrogen-bond acceptors (Lipinski definition) is 4. The molecule has 0 spiro atoms. The Bertz CT molecular complexity index is 1260. The topological polar surface area (TPSA) is 48.4 Å². The van der Waals surface area contributed by atoms with Gasteiger partial charge < -0.3 is 9.47 Å². The first-order chi connectivity index (χ1) is 16.5. The molecule has 0 aliphatic carbocycles. The van der Waals surface area contributed by atoms with Crippen molar-refractivity contribution in [2.45, 2.75) is 66.3 Å². The molecule has 36 heavy (non-hydrogen) atoms. The second kappa shape index (κ2) is 10.0. The number of esters is 1. The van der Waals surface area contributed by atoms with Crippen LogP contribution in [0.25, 0.3) is 22.0 Å². The molecule has 0 N–H and O–H groups in total. The van der Waals surface area contributed by atoms with Gasteiger partial charge in [0.1, 0.15) is 18.4 Å². The standard InChI is InChI=1S/C28H31ClF3NO3/c1-16-14-20-19(12-13-22(33-20)28(30,31)32)24(17-8-10-18(29)11-9-17)23(16)21(36-27(5,6)7)15-35-25(34)26(2,3)4/h8-14,21H,15H2,1-7H3/t21-/m1/s1. The lowest BCUT2D eigenvalue weighted by Crippen LogP contribution is -2.30. The van der Waals surface area contributed by atoms with E-state index in [1.807, 2.05) is 20.8 Å². The summed E-state index contributed by atoms with van der Waals surface area (Å²) in [5.41, 5.74) is 0.696. The second-order valence-corrected chi connectivity index (χ2v) is 11.3. The first kappa shape index (κ1) is 27.9. The quantitative estimate of drug-likeness (QED) is 0.317. The average Bonchev–Trinajstić information content (AvgIpc) is 2.73. The molecular weight excluding hydrogens is 491 g/mol. The van der Waals surface area contributed by atoms with Gasteiger partial charge in [-0.15, -0.1) is 0 Å². The van der Waals surface area contributed by atoms with Crippen molar-refractivity contribution in [3.05, 3.63) is 64.3 Å². The smallest absolute Gasteiger partial charge is 0.433 e. The lowest BCUT2D eigenvalue weighted by atomic mass is 9.88. The van der Waals surface area contributed by atoms with Crippen molar-refractivity contribution in [1.29, 1.82) is 0 Å². The highest BCUT2D eigenvalue weighted by molar-refractivity contribution is 6.30. The lowest BCUT2D eigenvalue weighted by molar-refractivity contribution is -0.162. The number of hydrogen-bond donors (Lipinski definition) is 0. The third-order valence-electron chi connectivity index (χ3n) is 5.46. The lowest BCUT2D eigenvalue weighted by Gasteiger charge is -2.31. The molecule has 0 saturated heterocycles. The minimum atomic E-state index is -4.57. The van der Waals surface area contributed by atoms with Gasteiger partial charge in [0.05, 0.1) is 16.5 Å². The Morgan fingerprint density at radius 2 is 1.61 bits per heavy atom. The molecule has 8 heteroatoms. The van der Waals surface area contributed by atoms with Crippen LogP contribution in [0.15, 0.2) is 42.5 Å². The van der Waals surface area contributed by atoms with E-state index in [1.165, 1.54) is 6.07 Å². The molecule has 0 radical (unpaired) electrons. The summed E-state index contributed by atoms with van der Waals surface area (Å²) in [6, 6.07) is 11.0. The number of fused-ring (bicyclic) bond motifs is 1. The number of ether oxygens (including phenoxy) is 2. The van der Waals surface area contributed by atoms with Gasteiger partial charge in [-0.1, -0.05) is 29.8 Å². The summed E-state index contributed by atoms with van der Waals surface area (Å²) < 4.78 is 52.2. The second-order valence-electron chi connectivity index (χ2n) is 10.8. The summed E-state index contributed by atoms with van der Waals surface area (Å²) in [5.74, 6) is -0.381. The van der Waals surface area contributed by atoms with E-state index in [4.69, 9.17) is 21.1 Å². The summed E-state index contributed by atoms with van der Waals surface area (Å²) in [7, 11) is 0. The molecular formula is C28H31ClF3NO3. The zero-order valence-electron chi connectivity index (χ0n) is 21.5. The van der Waals surface area contributed by atoms with E-state index in [-0.39, 0.29) is 18.1 Å². The number of aromatic nitrogens is 1. The van der Waals surface area contributed by atoms with E-state index in [0.29, 0.717) is 27.1 Å². The minimum Gasteiger partial charge on any atom is -0.462 e. The largest absolute Gasteiger partial charge is 0.462 e. The van der Waals surface area contributed by atoms with Crippen LogP contribution in [0, 0.1) is 12.3 Å². The van der Waals surface area contributed by atoms with Crippen LogP contribution in [0.3, 0.4) is 0 Å². The Morgan fingerprint density at radius 3 is 2.14 bits per heavy atom. The molecule has 0 saturated carbocycles. The third kappa shape index (κ3) is 6.56. The van der Waals surface area contributed by atoms with E-state index in [0.717, 1.165) is 11.6 Å². The van der Waals surface area contributed by atoms with Crippen molar-refractivity contribution in [3.63, 3.8) is 0 Å². The predicted octanol–water partition coefficient (Wildman–Crippen LogP) is 8.33. The van der Waals surface area contributed by atoms with Crippen LogP contribution >= 0.6 is 11.6 Å². The minimum absolute atomic E-state index is 0.0611. The molecule has 1 atom stereocenters. The molecule has 0 bridgehead atoms. The molecule has 0 aliphatic heterocycles. The van der Waals surface area contributed by atoms with Gasteiger partial charge in [-0.25, -0.2) is 4.98 Å². The summed E-state index contributed by atoms with van der Waals surface area (Å²) in [5, 5.41) is 1.05. The number of rotatable bonds is 5. The molecule has 194 valence electrons. The van der Waals surface area contributed by atoms with Crippen LogP contribution < -0.4 is 0 Å². The summed E-state index contributed by atoms with van der Waals surface area (Å²) in [6.07, 6.45) is -5.26. The highest BCUT2D eigenvalue weighted by Crippen LogP contribution is 2.41. The van der Waals surface area contributed by atoms with Gasteiger partial charge in [-0.05, 0) is 95.0 Å². The van der Waals surface area contributed by atoms with E-state index in [9.17, 15) is 18.0 Å². The van der Waals surface area contributed by atoms with Crippen molar-refractivity contribution < 1.29 is 27.4 Å². The Morgan fingerprint density at radius 1 is 1.00 bits per heavy atom. The number of carbonyl (C=O) groups is 1. The fraction of sp³-hybridized carbons (Fsp3) is 0.429. The number of carbonyl (C=O) groups excluding carboxylic acids is 1. The van der Waals surface area contributed by atoms with Crippen LogP contribution in [0.1, 0.15) is 64.5 Å². The summed E-state index contributed by atoms with van der Waals surface area (Å²) in [4.78, 5) is 16.5. The van der Waals surface area contributed by atoms with E-state index >= 15 is 0 Å². The van der Waals surface area contributed by atoms with Gasteiger partial charge >= 0.3 is 12.1 Å². The van der Waals surface area contributed by atoms with E-state index in [2.05, 4.69) is 4.98 Å². The molecule has 3 aromatic rings. The Labute approximate surface area is 214 Å². The monoisotopic (exact) mass is 521 g/mol. The number of alkyl halides is 3. The maximum absolute atomic E-state index is 13.4. The van der Waals surface area contributed by atoms with Gasteiger partial charge in [-0.3, -0.25) is 4.79 Å². The van der Waals surface area contributed by atoms with Crippen molar-refractivity contribution in [1.82, 2.24) is 4.98 Å². The molecule has 2 aromatic carbocycles. The van der Waals surface area contributed by atoms with Crippen molar-refractivity contribution in [2.75, 3.05) is 6.61 Å². The number of pyridine rings is 1. The number of nitrogens with zero attached hydrogens (tertiary/aromatic N) is 1. The Kier molecular flexibility index (Phi) is 7.78. The molecule has 3 rings (SSSR count). The highest BCUT2D eigenvalue weighted by atomic mass is 35.5. The fourth-order valence-electron chi connectivity index (χ4n) is 3.89. The number of benzene rings is 2. The SMILES string of the molecule is Cc1cc2nc(C(F)(F)F)ccc2c(-c2ccc(Cl)cc2)c1[C@@H](COC(=O)C(C)(C)C)OC(C)(C)C. The third-order valence-corrected chi connectivity index (χ3v) is 5.71. The van der Waals surface area contributed by atoms with Crippen molar-refractivity contribution >= 4 is 28.5 Å². The van der Waals surface area contributed by atoms with Crippen LogP contribution in [0.2, 0.25) is 5.02 Å². The maximum atomic E-state index is 13.4. The molecule has 0 amide bonds. The molecule has 1 heterocycles. The van der Waals surface area contributed by atoms with Gasteiger partial charge in [0.25, 0.3) is 0 Å². The fourth-order valence-corrected chi connectivity index (χ4v) is 4.02. The van der Waals surface area contributed by atoms with Gasteiger partial charge in [0.2, 0.25) is 0 Å². The molecule has 4 nitrogen and oxygen atoms in total. The van der Waals surface area contributed by atoms with Crippen molar-refractivity contribution in [3.8, 4) is 11.1 Å². The van der Waals surface area contributed by atoms with Gasteiger partial charge in [0.15, 0.2) is 0 Å². The van der Waals surface area contributed by atoms with Crippen LogP contribution in [0.5, 0.6) is 0 Å². The Hall–Kier alpha value is -2.64. The zero-order valence-corrected chi connectivity index (χ0v) is 22.3. The van der Waals surface area contributed by atoms with Gasteiger partial charge in [-0.2, -0.15) is 13.2 Å². The molecule has 0 unspecified atom stereocenters. The van der Waals surface area contributed by atoms with E-state index in [1.54, 1.807) is 58.0 Å². The first-order valence-electron chi connectivity index (χ1n) is 11.6. The molecule has 1 aromatic heterocycles. The maximum Gasteiger partial charge on any atom is 0.433 e. The predicted molar refractivity (Wildman–Crippen MR) is 136 cm³/mol. The number of halogens is 4. The van der Waals surface area contributed by atoms with Crippen molar-refractivity contribution in [2.24, 2.45) is 5.41 Å². The van der Waals surface area contributed by atoms with E-state index < -0.39 is 29.0 Å². The zero-order chi connectivity index (χ0) is 27.1. The highest BCUT2D eigenvalue weighted by Gasteiger charge is 2.34. The normalized spacial score (nSPS) is 13.6.